The van der Waals surface area contributed by atoms with Crippen molar-refractivity contribution in [1.82, 2.24) is 19.9 Å². The molecule has 0 bridgehead atoms. The van der Waals surface area contributed by atoms with Gasteiger partial charge in [-0.05, 0) is 25.2 Å². The van der Waals surface area contributed by atoms with E-state index < -0.39 is 0 Å². The van der Waals surface area contributed by atoms with Gasteiger partial charge in [-0.15, -0.1) is 11.3 Å². The van der Waals surface area contributed by atoms with E-state index in [2.05, 4.69) is 32.2 Å². The number of H-pyrrole nitrogens is 1. The average Bonchev–Trinajstić information content (AvgIpc) is 3.11. The molecule has 0 spiro atoms. The Morgan fingerprint density at radius 3 is 3.27 bits per heavy atom. The molecule has 1 aliphatic rings. The van der Waals surface area contributed by atoms with Gasteiger partial charge in [0.2, 0.25) is 0 Å². The molecule has 1 aromatic carbocycles. The van der Waals surface area contributed by atoms with E-state index in [4.69, 9.17) is 0 Å². The first-order chi connectivity index (χ1) is 10.7. The van der Waals surface area contributed by atoms with Crippen LogP contribution in [0.15, 0.2) is 24.5 Å². The highest BCUT2D eigenvalue weighted by Gasteiger charge is 2.19. The molecule has 1 aliphatic heterocycles. The number of likely N-dealkylation sites (N-methyl/N-ethyl adjacent to an activating group) is 1. The summed E-state index contributed by atoms with van der Waals surface area (Å²) in [6, 6.07) is 5.42. The Morgan fingerprint density at radius 1 is 1.45 bits per heavy atom. The van der Waals surface area contributed by atoms with Gasteiger partial charge in [0.1, 0.15) is 0 Å². The molecule has 2 N–H and O–H groups in total. The minimum atomic E-state index is -0.143. The van der Waals surface area contributed by atoms with Crippen molar-refractivity contribution in [2.75, 3.05) is 18.9 Å². The molecule has 3 aromatic rings. The van der Waals surface area contributed by atoms with Crippen molar-refractivity contribution in [3.8, 4) is 0 Å². The largest absolute Gasteiger partial charge is 0.345 e. The fourth-order valence-electron chi connectivity index (χ4n) is 2.62. The molecule has 0 atom stereocenters. The van der Waals surface area contributed by atoms with Crippen LogP contribution in [-0.2, 0) is 13.0 Å². The molecular weight excluding hydrogens is 298 g/mol. The summed E-state index contributed by atoms with van der Waals surface area (Å²) < 4.78 is 0. The van der Waals surface area contributed by atoms with Gasteiger partial charge in [-0.1, -0.05) is 0 Å². The summed E-state index contributed by atoms with van der Waals surface area (Å²) in [5.41, 5.74) is 3.42. The van der Waals surface area contributed by atoms with Crippen molar-refractivity contribution in [1.29, 1.82) is 0 Å². The lowest BCUT2D eigenvalue weighted by Gasteiger charge is -2.20. The van der Waals surface area contributed by atoms with Crippen LogP contribution in [0.2, 0.25) is 0 Å². The first-order valence-electron chi connectivity index (χ1n) is 7.10. The maximum absolute atomic E-state index is 12.4. The molecule has 0 unspecified atom stereocenters. The van der Waals surface area contributed by atoms with Gasteiger partial charge in [0.15, 0.2) is 5.13 Å². The summed E-state index contributed by atoms with van der Waals surface area (Å²) >= 11 is 1.56. The number of benzene rings is 1. The highest BCUT2D eigenvalue weighted by atomic mass is 32.1. The van der Waals surface area contributed by atoms with Crippen molar-refractivity contribution in [2.24, 2.45) is 0 Å². The number of fused-ring (bicyclic) bond motifs is 2. The number of hydrogen-bond donors (Lipinski definition) is 2. The average molecular weight is 313 g/mol. The number of thiazole rings is 1. The third-order valence-electron chi connectivity index (χ3n) is 3.82. The number of aromatic amines is 1. The van der Waals surface area contributed by atoms with Gasteiger partial charge in [0, 0.05) is 30.0 Å². The number of carbonyl (C=O) groups is 1. The summed E-state index contributed by atoms with van der Waals surface area (Å²) in [6.45, 7) is 1.92. The molecule has 1 amide bonds. The Balaban J connectivity index is 1.56. The van der Waals surface area contributed by atoms with Gasteiger partial charge < -0.3 is 9.88 Å². The fraction of sp³-hybridized carbons (Fsp3) is 0.267. The van der Waals surface area contributed by atoms with Gasteiger partial charge in [-0.25, -0.2) is 9.97 Å². The number of rotatable bonds is 2. The molecule has 0 fully saturated rings. The summed E-state index contributed by atoms with van der Waals surface area (Å²) in [4.78, 5) is 27.6. The van der Waals surface area contributed by atoms with Crippen molar-refractivity contribution < 1.29 is 4.79 Å². The maximum Gasteiger partial charge on any atom is 0.257 e. The third kappa shape index (κ3) is 2.38. The summed E-state index contributed by atoms with van der Waals surface area (Å²) in [6.07, 6.45) is 2.57. The highest BCUT2D eigenvalue weighted by Crippen LogP contribution is 2.28. The van der Waals surface area contributed by atoms with Crippen molar-refractivity contribution in [2.45, 2.75) is 13.0 Å². The lowest BCUT2D eigenvalue weighted by atomic mass is 10.2. The second-order valence-corrected chi connectivity index (χ2v) is 6.55. The monoisotopic (exact) mass is 313 g/mol. The fourth-order valence-corrected chi connectivity index (χ4v) is 3.71. The van der Waals surface area contributed by atoms with Crippen molar-refractivity contribution >= 4 is 33.4 Å². The zero-order valence-electron chi connectivity index (χ0n) is 12.1. The van der Waals surface area contributed by atoms with E-state index in [1.165, 1.54) is 4.88 Å². The molecule has 7 heteroatoms. The van der Waals surface area contributed by atoms with Crippen LogP contribution in [0.1, 0.15) is 20.9 Å². The first kappa shape index (κ1) is 13.4. The number of hydrogen-bond acceptors (Lipinski definition) is 5. The Hall–Kier alpha value is -2.25. The minimum absolute atomic E-state index is 0.143. The predicted octanol–water partition coefficient (Wildman–Crippen LogP) is 2.26. The molecule has 4 rings (SSSR count). The molecule has 0 saturated carbocycles. The van der Waals surface area contributed by atoms with Crippen molar-refractivity contribution in [3.05, 3.63) is 40.7 Å². The maximum atomic E-state index is 12.4. The number of carbonyl (C=O) groups excluding carboxylic acids is 1. The van der Waals surface area contributed by atoms with Gasteiger partial charge in [-0.2, -0.15) is 0 Å². The Labute approximate surface area is 131 Å². The Kier molecular flexibility index (Phi) is 3.16. The Bertz CT molecular complexity index is 853. The zero-order valence-corrected chi connectivity index (χ0v) is 12.9. The van der Waals surface area contributed by atoms with E-state index in [1.54, 1.807) is 29.8 Å². The topological polar surface area (TPSA) is 73.9 Å². The minimum Gasteiger partial charge on any atom is -0.345 e. The number of imidazole rings is 1. The van der Waals surface area contributed by atoms with Crippen LogP contribution in [0.25, 0.3) is 11.0 Å². The van der Waals surface area contributed by atoms with E-state index in [0.717, 1.165) is 36.2 Å². The molecule has 112 valence electrons. The molecule has 6 nitrogen and oxygen atoms in total. The normalized spacial score (nSPS) is 15.0. The van der Waals surface area contributed by atoms with Crippen LogP contribution in [0.3, 0.4) is 0 Å². The smallest absolute Gasteiger partial charge is 0.257 e. The summed E-state index contributed by atoms with van der Waals surface area (Å²) in [7, 11) is 2.10. The Morgan fingerprint density at radius 2 is 2.36 bits per heavy atom. The molecule has 0 radical (unpaired) electrons. The van der Waals surface area contributed by atoms with Crippen LogP contribution in [0, 0.1) is 0 Å². The van der Waals surface area contributed by atoms with Crippen LogP contribution in [-0.4, -0.2) is 39.4 Å². The standard InChI is InChI=1S/C15H15N5OS/c1-20-5-4-11-13(7-20)22-15(18-11)19-14(21)9-2-3-10-12(6-9)17-8-16-10/h2-3,6,8H,4-5,7H2,1H3,(H,16,17)(H,18,19,21). The summed E-state index contributed by atoms with van der Waals surface area (Å²) in [5.74, 6) is -0.143. The molecule has 0 saturated heterocycles. The van der Waals surface area contributed by atoms with E-state index in [-0.39, 0.29) is 5.91 Å². The third-order valence-corrected chi connectivity index (χ3v) is 4.82. The van der Waals surface area contributed by atoms with Gasteiger partial charge >= 0.3 is 0 Å². The van der Waals surface area contributed by atoms with E-state index >= 15 is 0 Å². The van der Waals surface area contributed by atoms with Crippen LogP contribution in [0.5, 0.6) is 0 Å². The number of amides is 1. The second kappa shape index (κ2) is 5.19. The first-order valence-corrected chi connectivity index (χ1v) is 7.92. The van der Waals surface area contributed by atoms with Gasteiger partial charge in [0.25, 0.3) is 5.91 Å². The molecule has 2 aromatic heterocycles. The lowest BCUT2D eigenvalue weighted by Crippen LogP contribution is -2.25. The predicted molar refractivity (Wildman–Crippen MR) is 86.2 cm³/mol. The molecule has 3 heterocycles. The van der Waals surface area contributed by atoms with Crippen LogP contribution >= 0.6 is 11.3 Å². The number of nitrogens with zero attached hydrogens (tertiary/aromatic N) is 3. The van der Waals surface area contributed by atoms with Gasteiger partial charge in [-0.3, -0.25) is 10.1 Å². The molecule has 0 aliphatic carbocycles. The van der Waals surface area contributed by atoms with Crippen LogP contribution < -0.4 is 5.32 Å². The van der Waals surface area contributed by atoms with Crippen LogP contribution in [0.4, 0.5) is 5.13 Å². The lowest BCUT2D eigenvalue weighted by molar-refractivity contribution is 0.102. The molecular formula is C15H15N5OS. The molecule has 22 heavy (non-hydrogen) atoms. The van der Waals surface area contributed by atoms with Gasteiger partial charge in [0.05, 0.1) is 23.1 Å². The van der Waals surface area contributed by atoms with Crippen molar-refractivity contribution in [3.63, 3.8) is 0 Å². The number of anilines is 1. The number of aromatic nitrogens is 3. The summed E-state index contributed by atoms with van der Waals surface area (Å²) in [5, 5.41) is 3.58. The highest BCUT2D eigenvalue weighted by molar-refractivity contribution is 7.15. The van der Waals surface area contributed by atoms with E-state index in [9.17, 15) is 4.79 Å². The number of nitrogens with one attached hydrogen (secondary N) is 2. The quantitative estimate of drug-likeness (QED) is 0.761. The SMILES string of the molecule is CN1CCc2nc(NC(=O)c3ccc4nc[nH]c4c3)sc2C1. The second-order valence-electron chi connectivity index (χ2n) is 5.47. The zero-order chi connectivity index (χ0) is 15.1. The van der Waals surface area contributed by atoms with E-state index in [0.29, 0.717) is 10.7 Å². The van der Waals surface area contributed by atoms with E-state index in [1.807, 2.05) is 6.07 Å².